The normalized spacial score (nSPS) is 12.8. The molecule has 2 heteroatoms. The van der Waals surface area contributed by atoms with Crippen molar-refractivity contribution in [2.75, 3.05) is 12.8 Å². The molecule has 0 heterocycles. The fraction of sp³-hybridized carbons (Fsp3) is 0.400. The Morgan fingerprint density at radius 1 is 1.33 bits per heavy atom. The van der Waals surface area contributed by atoms with Crippen LogP contribution in [0.2, 0.25) is 0 Å². The molecule has 0 radical (unpaired) electrons. The van der Waals surface area contributed by atoms with E-state index >= 15 is 0 Å². The van der Waals surface area contributed by atoms with Crippen LogP contribution in [0.15, 0.2) is 24.3 Å². The number of benzene rings is 1. The predicted octanol–water partition coefficient (Wildman–Crippen LogP) is 1.42. The van der Waals surface area contributed by atoms with Crippen LogP contribution in [0.4, 0.5) is 5.69 Å². The van der Waals surface area contributed by atoms with Gasteiger partial charge in [0, 0.05) is 11.7 Å². The smallest absolute Gasteiger partial charge is 0.0314 e. The van der Waals surface area contributed by atoms with Crippen molar-refractivity contribution in [3.05, 3.63) is 29.8 Å². The van der Waals surface area contributed by atoms with Gasteiger partial charge in [-0.3, -0.25) is 0 Å². The molecule has 2 nitrogen and oxygen atoms in total. The van der Waals surface area contributed by atoms with Crippen LogP contribution < -0.4 is 11.1 Å². The Bertz CT molecular complexity index is 228. The van der Waals surface area contributed by atoms with E-state index in [1.165, 1.54) is 5.56 Å². The van der Waals surface area contributed by atoms with Crippen LogP contribution in [0, 0.1) is 0 Å². The quantitative estimate of drug-likeness (QED) is 0.663. The number of nitrogens with one attached hydrogen (secondary N) is 1. The number of hydrogen-bond acceptors (Lipinski definition) is 2. The maximum atomic E-state index is 5.57. The topological polar surface area (TPSA) is 38.0 Å². The number of likely N-dealkylation sites (N-methyl/N-ethyl adjacent to an activating group) is 1. The summed E-state index contributed by atoms with van der Waals surface area (Å²) in [6.07, 6.45) is 1.05. The molecule has 1 aromatic carbocycles. The average molecular weight is 164 g/mol. The summed E-state index contributed by atoms with van der Waals surface area (Å²) in [5, 5.41) is 3.20. The molecule has 12 heavy (non-hydrogen) atoms. The number of nitrogen functional groups attached to an aromatic ring is 1. The molecule has 0 saturated carbocycles. The highest BCUT2D eigenvalue weighted by atomic mass is 14.8. The maximum absolute atomic E-state index is 5.57. The minimum absolute atomic E-state index is 0.522. The van der Waals surface area contributed by atoms with Crippen LogP contribution in [0.3, 0.4) is 0 Å². The van der Waals surface area contributed by atoms with Gasteiger partial charge < -0.3 is 11.1 Å². The van der Waals surface area contributed by atoms with Crippen molar-refractivity contribution in [3.63, 3.8) is 0 Å². The Kier molecular flexibility index (Phi) is 3.11. The first-order valence-electron chi connectivity index (χ1n) is 4.24. The van der Waals surface area contributed by atoms with Crippen molar-refractivity contribution in [2.24, 2.45) is 0 Å². The van der Waals surface area contributed by atoms with Crippen LogP contribution in [-0.2, 0) is 6.42 Å². The molecule has 0 aliphatic heterocycles. The number of anilines is 1. The Labute approximate surface area is 73.8 Å². The summed E-state index contributed by atoms with van der Waals surface area (Å²) in [5.41, 5.74) is 7.73. The molecule has 1 aromatic rings. The number of rotatable bonds is 3. The lowest BCUT2D eigenvalue weighted by Gasteiger charge is -2.09. The van der Waals surface area contributed by atoms with E-state index in [1.54, 1.807) is 0 Å². The minimum Gasteiger partial charge on any atom is -0.399 e. The molecule has 0 aliphatic rings. The second kappa shape index (κ2) is 4.12. The lowest BCUT2D eigenvalue weighted by Crippen LogP contribution is -2.23. The summed E-state index contributed by atoms with van der Waals surface area (Å²) in [5.74, 6) is 0. The summed E-state index contributed by atoms with van der Waals surface area (Å²) in [6, 6.07) is 8.55. The van der Waals surface area contributed by atoms with Gasteiger partial charge in [0.05, 0.1) is 0 Å². The van der Waals surface area contributed by atoms with E-state index in [9.17, 15) is 0 Å². The van der Waals surface area contributed by atoms with E-state index in [4.69, 9.17) is 5.73 Å². The van der Waals surface area contributed by atoms with Gasteiger partial charge >= 0.3 is 0 Å². The molecule has 66 valence electrons. The highest BCUT2D eigenvalue weighted by Gasteiger charge is 1.98. The van der Waals surface area contributed by atoms with Gasteiger partial charge in [0.15, 0.2) is 0 Å². The van der Waals surface area contributed by atoms with E-state index in [2.05, 4.69) is 24.4 Å². The zero-order chi connectivity index (χ0) is 8.97. The molecular weight excluding hydrogens is 148 g/mol. The second-order valence-electron chi connectivity index (χ2n) is 3.14. The molecule has 1 rings (SSSR count). The van der Waals surface area contributed by atoms with E-state index in [0.717, 1.165) is 12.1 Å². The fourth-order valence-electron chi connectivity index (χ4n) is 1.11. The van der Waals surface area contributed by atoms with Gasteiger partial charge in [-0.05, 0) is 38.1 Å². The van der Waals surface area contributed by atoms with Crippen LogP contribution in [0.25, 0.3) is 0 Å². The van der Waals surface area contributed by atoms with Gasteiger partial charge in [-0.15, -0.1) is 0 Å². The van der Waals surface area contributed by atoms with Crippen molar-refractivity contribution in [1.29, 1.82) is 0 Å². The standard InChI is InChI=1S/C10H16N2/c1-8(12-2)7-9-3-5-10(11)6-4-9/h3-6,8,12H,7,11H2,1-2H3/t8-/m0/s1. The van der Waals surface area contributed by atoms with Gasteiger partial charge in [-0.1, -0.05) is 12.1 Å². The Morgan fingerprint density at radius 2 is 1.92 bits per heavy atom. The molecule has 0 aromatic heterocycles. The minimum atomic E-state index is 0.522. The van der Waals surface area contributed by atoms with Crippen LogP contribution >= 0.6 is 0 Å². The van der Waals surface area contributed by atoms with Gasteiger partial charge in [-0.25, -0.2) is 0 Å². The first-order chi connectivity index (χ1) is 5.72. The van der Waals surface area contributed by atoms with Gasteiger partial charge in [0.25, 0.3) is 0 Å². The third-order valence-corrected chi connectivity index (χ3v) is 2.01. The van der Waals surface area contributed by atoms with Gasteiger partial charge in [0.2, 0.25) is 0 Å². The number of nitrogens with two attached hydrogens (primary N) is 1. The number of hydrogen-bond donors (Lipinski definition) is 2. The monoisotopic (exact) mass is 164 g/mol. The first-order valence-corrected chi connectivity index (χ1v) is 4.24. The molecule has 0 amide bonds. The Balaban J connectivity index is 2.58. The average Bonchev–Trinajstić information content (AvgIpc) is 2.09. The summed E-state index contributed by atoms with van der Waals surface area (Å²) in [6.45, 7) is 2.16. The van der Waals surface area contributed by atoms with Gasteiger partial charge in [-0.2, -0.15) is 0 Å². The van der Waals surface area contributed by atoms with Crippen molar-refractivity contribution in [2.45, 2.75) is 19.4 Å². The zero-order valence-electron chi connectivity index (χ0n) is 7.67. The van der Waals surface area contributed by atoms with Crippen LogP contribution in [0.1, 0.15) is 12.5 Å². The summed E-state index contributed by atoms with van der Waals surface area (Å²) < 4.78 is 0. The van der Waals surface area contributed by atoms with E-state index in [1.807, 2.05) is 19.2 Å². The van der Waals surface area contributed by atoms with Crippen LogP contribution in [-0.4, -0.2) is 13.1 Å². The highest BCUT2D eigenvalue weighted by Crippen LogP contribution is 2.07. The summed E-state index contributed by atoms with van der Waals surface area (Å²) in [4.78, 5) is 0. The third-order valence-electron chi connectivity index (χ3n) is 2.01. The summed E-state index contributed by atoms with van der Waals surface area (Å²) >= 11 is 0. The van der Waals surface area contributed by atoms with Crippen molar-refractivity contribution < 1.29 is 0 Å². The zero-order valence-corrected chi connectivity index (χ0v) is 7.67. The van der Waals surface area contributed by atoms with E-state index in [0.29, 0.717) is 6.04 Å². The van der Waals surface area contributed by atoms with E-state index < -0.39 is 0 Å². The van der Waals surface area contributed by atoms with Crippen molar-refractivity contribution >= 4 is 5.69 Å². The largest absolute Gasteiger partial charge is 0.399 e. The summed E-state index contributed by atoms with van der Waals surface area (Å²) in [7, 11) is 1.97. The molecule has 0 saturated heterocycles. The first kappa shape index (κ1) is 9.07. The Morgan fingerprint density at radius 3 is 2.42 bits per heavy atom. The van der Waals surface area contributed by atoms with Crippen molar-refractivity contribution in [1.82, 2.24) is 5.32 Å². The van der Waals surface area contributed by atoms with Gasteiger partial charge in [0.1, 0.15) is 0 Å². The maximum Gasteiger partial charge on any atom is 0.0314 e. The van der Waals surface area contributed by atoms with E-state index in [-0.39, 0.29) is 0 Å². The van der Waals surface area contributed by atoms with Crippen molar-refractivity contribution in [3.8, 4) is 0 Å². The molecule has 3 N–H and O–H groups in total. The molecule has 0 bridgehead atoms. The molecule has 0 spiro atoms. The molecule has 1 atom stereocenters. The molecule has 0 unspecified atom stereocenters. The van der Waals surface area contributed by atoms with Crippen LogP contribution in [0.5, 0.6) is 0 Å². The lowest BCUT2D eigenvalue weighted by atomic mass is 10.1. The highest BCUT2D eigenvalue weighted by molar-refractivity contribution is 5.39. The Hall–Kier alpha value is -1.02. The fourth-order valence-corrected chi connectivity index (χ4v) is 1.11. The predicted molar refractivity (Wildman–Crippen MR) is 53.1 cm³/mol. The molecule has 0 fully saturated rings. The third kappa shape index (κ3) is 2.55. The lowest BCUT2D eigenvalue weighted by molar-refractivity contribution is 0.608. The molecular formula is C10H16N2. The SMILES string of the molecule is CN[C@@H](C)Cc1ccc(N)cc1. The molecule has 0 aliphatic carbocycles. The second-order valence-corrected chi connectivity index (χ2v) is 3.14.